The maximum absolute atomic E-state index is 11.3. The molecule has 1 atom stereocenters. The van der Waals surface area contributed by atoms with E-state index in [1.165, 1.54) is 5.56 Å². The third kappa shape index (κ3) is 10.8. The molecule has 5 nitrogen and oxygen atoms in total. The first-order valence-corrected chi connectivity index (χ1v) is 12.2. The molecule has 0 aromatic heterocycles. The van der Waals surface area contributed by atoms with Gasteiger partial charge in [0.05, 0.1) is 38.5 Å². The van der Waals surface area contributed by atoms with Crippen LogP contribution in [0.5, 0.6) is 0 Å². The first-order valence-electron chi connectivity index (χ1n) is 10.3. The van der Waals surface area contributed by atoms with E-state index in [0.717, 1.165) is 75.4 Å². The maximum Gasteiger partial charge on any atom is 0.229 e. The lowest BCUT2D eigenvalue weighted by molar-refractivity contribution is -0.925. The highest BCUT2D eigenvalue weighted by Crippen LogP contribution is 2.16. The number of nitrogens with one attached hydrogen (secondary N) is 1. The van der Waals surface area contributed by atoms with Gasteiger partial charge >= 0.3 is 0 Å². The minimum Gasteiger partial charge on any atom is -1.00 e. The number of sulfonamides is 1. The van der Waals surface area contributed by atoms with Crippen LogP contribution in [0.1, 0.15) is 58.4 Å². The fourth-order valence-corrected chi connectivity index (χ4v) is 4.24. The molecule has 0 bridgehead atoms. The molecule has 7 heteroatoms. The number of quaternary nitrogens is 1. The lowest BCUT2D eigenvalue weighted by Gasteiger charge is -2.37. The van der Waals surface area contributed by atoms with Gasteiger partial charge in [-0.1, -0.05) is 25.5 Å². The summed E-state index contributed by atoms with van der Waals surface area (Å²) < 4.78 is 26.1. The van der Waals surface area contributed by atoms with Crippen molar-refractivity contribution in [1.82, 2.24) is 0 Å². The number of halogens is 1. The van der Waals surface area contributed by atoms with Crippen molar-refractivity contribution in [2.45, 2.75) is 65.4 Å². The molecule has 0 radical (unpaired) electrons. The lowest BCUT2D eigenvalue weighted by atomic mass is 10.1. The highest BCUT2D eigenvalue weighted by Gasteiger charge is 2.22. The topological polar surface area (TPSA) is 66.4 Å². The summed E-state index contributed by atoms with van der Waals surface area (Å²) >= 11 is 0. The zero-order chi connectivity index (χ0) is 20.3. The number of benzene rings is 1. The Morgan fingerprint density at radius 1 is 1.00 bits per heavy atom. The molecular formula is C21H39BrN2O3S. The van der Waals surface area contributed by atoms with Crippen LogP contribution in [-0.4, -0.2) is 56.5 Å². The van der Waals surface area contributed by atoms with E-state index in [0.29, 0.717) is 5.69 Å². The maximum atomic E-state index is 11.3. The second kappa shape index (κ2) is 13.6. The van der Waals surface area contributed by atoms with Gasteiger partial charge in [0.2, 0.25) is 10.0 Å². The van der Waals surface area contributed by atoms with Gasteiger partial charge in [-0.25, -0.2) is 8.42 Å². The van der Waals surface area contributed by atoms with Crippen LogP contribution in [0.2, 0.25) is 0 Å². The van der Waals surface area contributed by atoms with Crippen LogP contribution < -0.4 is 21.7 Å². The van der Waals surface area contributed by atoms with Crippen molar-refractivity contribution in [2.75, 3.05) is 37.2 Å². The van der Waals surface area contributed by atoms with Gasteiger partial charge < -0.3 is 26.6 Å². The number of nitrogens with zero attached hydrogens (tertiary/aromatic N) is 1. The average Bonchev–Trinajstić information content (AvgIpc) is 2.61. The highest BCUT2D eigenvalue weighted by atomic mass is 79.9. The van der Waals surface area contributed by atoms with Gasteiger partial charge in [0.1, 0.15) is 0 Å². The van der Waals surface area contributed by atoms with Gasteiger partial charge in [0.15, 0.2) is 0 Å². The van der Waals surface area contributed by atoms with E-state index in [1.807, 2.05) is 24.3 Å². The quantitative estimate of drug-likeness (QED) is 0.388. The summed E-state index contributed by atoms with van der Waals surface area (Å²) in [5, 5.41) is 9.96. The predicted octanol–water partition coefficient (Wildman–Crippen LogP) is 0.793. The Morgan fingerprint density at radius 2 is 1.57 bits per heavy atom. The van der Waals surface area contributed by atoms with E-state index >= 15 is 0 Å². The van der Waals surface area contributed by atoms with Crippen molar-refractivity contribution in [3.63, 3.8) is 0 Å². The SMILES string of the molecule is CCCC(O)CCC[N+](CC)(CC)CCCc1ccc(NS(C)(=O)=O)cc1.[Br-]. The van der Waals surface area contributed by atoms with Gasteiger partial charge in [-0.05, 0) is 57.2 Å². The predicted molar refractivity (Wildman–Crippen MR) is 114 cm³/mol. The normalized spacial score (nSPS) is 13.0. The molecule has 164 valence electrons. The number of anilines is 1. The van der Waals surface area contributed by atoms with Crippen LogP contribution in [0.4, 0.5) is 5.69 Å². The summed E-state index contributed by atoms with van der Waals surface area (Å²) in [6.07, 6.45) is 7.05. The first-order chi connectivity index (χ1) is 12.7. The number of hydrogen-bond donors (Lipinski definition) is 2. The van der Waals surface area contributed by atoms with Crippen molar-refractivity contribution in [2.24, 2.45) is 0 Å². The number of aliphatic hydroxyl groups excluding tert-OH is 1. The van der Waals surface area contributed by atoms with Gasteiger partial charge in [-0.3, -0.25) is 4.72 Å². The molecule has 1 rings (SSSR count). The van der Waals surface area contributed by atoms with Gasteiger partial charge in [0.25, 0.3) is 0 Å². The van der Waals surface area contributed by atoms with Gasteiger partial charge in [-0.2, -0.15) is 0 Å². The van der Waals surface area contributed by atoms with Crippen molar-refractivity contribution >= 4 is 15.7 Å². The molecule has 0 heterocycles. The van der Waals surface area contributed by atoms with Crippen molar-refractivity contribution < 1.29 is 35.0 Å². The molecule has 1 aromatic carbocycles. The first kappa shape index (κ1) is 27.4. The van der Waals surface area contributed by atoms with E-state index < -0.39 is 10.0 Å². The Bertz CT molecular complexity index is 632. The molecule has 1 aromatic rings. The zero-order valence-corrected chi connectivity index (χ0v) is 20.4. The Morgan fingerprint density at radius 3 is 2.07 bits per heavy atom. The number of rotatable bonds is 14. The Balaban J connectivity index is 0.00000729. The Hall–Kier alpha value is -0.630. The Labute approximate surface area is 182 Å². The molecule has 0 amide bonds. The summed E-state index contributed by atoms with van der Waals surface area (Å²) in [7, 11) is -3.22. The van der Waals surface area contributed by atoms with E-state index in [-0.39, 0.29) is 23.1 Å². The summed E-state index contributed by atoms with van der Waals surface area (Å²) in [6.45, 7) is 11.2. The number of hydrogen-bond acceptors (Lipinski definition) is 3. The summed E-state index contributed by atoms with van der Waals surface area (Å²) in [6, 6.07) is 7.66. The molecule has 0 fully saturated rings. The monoisotopic (exact) mass is 478 g/mol. The van der Waals surface area contributed by atoms with Gasteiger partial charge in [0, 0.05) is 12.1 Å². The van der Waals surface area contributed by atoms with Crippen LogP contribution in [-0.2, 0) is 16.4 Å². The molecule has 1 unspecified atom stereocenters. The number of aliphatic hydroxyl groups is 1. The van der Waals surface area contributed by atoms with Gasteiger partial charge in [-0.15, -0.1) is 0 Å². The summed E-state index contributed by atoms with van der Waals surface area (Å²) in [5.41, 5.74) is 1.84. The average molecular weight is 480 g/mol. The molecule has 0 aliphatic carbocycles. The standard InChI is InChI=1S/C21H39N2O3S.BrH/c1-5-10-21(24)12-9-18-23(6-2,7-3)17-8-11-19-13-15-20(16-14-19)22-27(4,25)26;/h13-16,21-22,24H,5-12,17-18H2,1-4H3;1H/q+1;/p-1. The minimum atomic E-state index is -3.22. The van der Waals surface area contributed by atoms with E-state index in [9.17, 15) is 13.5 Å². The molecule has 0 saturated heterocycles. The summed E-state index contributed by atoms with van der Waals surface area (Å²) in [4.78, 5) is 0. The minimum absolute atomic E-state index is 0. The molecule has 2 N–H and O–H groups in total. The highest BCUT2D eigenvalue weighted by molar-refractivity contribution is 7.92. The number of aryl methyl sites for hydroxylation is 1. The van der Waals surface area contributed by atoms with Crippen LogP contribution in [0.15, 0.2) is 24.3 Å². The second-order valence-electron chi connectivity index (χ2n) is 7.68. The van der Waals surface area contributed by atoms with E-state index in [2.05, 4.69) is 25.5 Å². The lowest BCUT2D eigenvalue weighted by Crippen LogP contribution is -3.00. The van der Waals surface area contributed by atoms with Crippen molar-refractivity contribution in [3.8, 4) is 0 Å². The smallest absolute Gasteiger partial charge is 0.229 e. The fraction of sp³-hybridized carbons (Fsp3) is 0.714. The molecule has 0 aliphatic heterocycles. The van der Waals surface area contributed by atoms with Crippen LogP contribution in [0, 0.1) is 0 Å². The second-order valence-corrected chi connectivity index (χ2v) is 9.43. The van der Waals surface area contributed by atoms with E-state index in [4.69, 9.17) is 0 Å². The third-order valence-corrected chi connectivity index (χ3v) is 6.09. The molecule has 28 heavy (non-hydrogen) atoms. The van der Waals surface area contributed by atoms with Crippen LogP contribution >= 0.6 is 0 Å². The van der Waals surface area contributed by atoms with Crippen LogP contribution in [0.25, 0.3) is 0 Å². The summed E-state index contributed by atoms with van der Waals surface area (Å²) in [5.74, 6) is 0. The Kier molecular flexibility index (Phi) is 13.3. The van der Waals surface area contributed by atoms with Crippen LogP contribution in [0.3, 0.4) is 0 Å². The largest absolute Gasteiger partial charge is 1.00 e. The molecule has 0 spiro atoms. The zero-order valence-electron chi connectivity index (χ0n) is 18.0. The molecule has 0 saturated carbocycles. The van der Waals surface area contributed by atoms with E-state index in [1.54, 1.807) is 0 Å². The molecular weight excluding hydrogens is 440 g/mol. The fourth-order valence-electron chi connectivity index (χ4n) is 3.68. The molecule has 0 aliphatic rings. The third-order valence-electron chi connectivity index (χ3n) is 5.49. The van der Waals surface area contributed by atoms with Crippen molar-refractivity contribution in [1.29, 1.82) is 0 Å². The van der Waals surface area contributed by atoms with Crippen molar-refractivity contribution in [3.05, 3.63) is 29.8 Å².